The number of methoxy groups -OCH3 is 1. The summed E-state index contributed by atoms with van der Waals surface area (Å²) in [5.74, 6) is -0.562. The number of ketones is 1. The van der Waals surface area contributed by atoms with E-state index in [0.29, 0.717) is 17.8 Å². The van der Waals surface area contributed by atoms with E-state index < -0.39 is 5.82 Å². The van der Waals surface area contributed by atoms with Crippen LogP contribution in [-0.2, 0) is 0 Å². The number of anilines is 1. The summed E-state index contributed by atoms with van der Waals surface area (Å²) in [6.45, 7) is 3.97. The molecule has 0 aliphatic carbocycles. The molecular formula is C11H14FNO2. The van der Waals surface area contributed by atoms with Crippen molar-refractivity contribution in [2.24, 2.45) is 0 Å². The monoisotopic (exact) mass is 211 g/mol. The largest absolute Gasteiger partial charge is 0.494 e. The summed E-state index contributed by atoms with van der Waals surface area (Å²) in [7, 11) is 1.39. The fourth-order valence-corrected chi connectivity index (χ4v) is 1.34. The van der Waals surface area contributed by atoms with Crippen molar-refractivity contribution in [2.75, 3.05) is 19.0 Å². The zero-order chi connectivity index (χ0) is 11.4. The van der Waals surface area contributed by atoms with E-state index in [1.54, 1.807) is 0 Å². The van der Waals surface area contributed by atoms with Crippen LogP contribution in [0, 0.1) is 5.82 Å². The molecule has 0 radical (unpaired) electrons. The number of rotatable bonds is 4. The van der Waals surface area contributed by atoms with E-state index in [0.717, 1.165) is 0 Å². The molecule has 1 aromatic carbocycles. The number of carbonyl (C=O) groups excluding carboxylic acids is 1. The van der Waals surface area contributed by atoms with Gasteiger partial charge in [0.1, 0.15) is 0 Å². The smallest absolute Gasteiger partial charge is 0.165 e. The topological polar surface area (TPSA) is 38.3 Å². The minimum Gasteiger partial charge on any atom is -0.494 e. The van der Waals surface area contributed by atoms with Crippen molar-refractivity contribution in [3.8, 4) is 5.75 Å². The number of halogens is 1. The van der Waals surface area contributed by atoms with Gasteiger partial charge in [-0.3, -0.25) is 4.79 Å². The standard InChI is InChI=1S/C11H14FNO2/c1-4-13-10-6-11(15-3)9(12)5-8(10)7(2)14/h5-6,13H,4H2,1-3H3. The van der Waals surface area contributed by atoms with Gasteiger partial charge in [-0.2, -0.15) is 0 Å². The molecule has 0 fully saturated rings. The molecular weight excluding hydrogens is 197 g/mol. The first kappa shape index (κ1) is 11.5. The fraction of sp³-hybridized carbons (Fsp3) is 0.364. The van der Waals surface area contributed by atoms with Gasteiger partial charge in [-0.25, -0.2) is 4.39 Å². The highest BCUT2D eigenvalue weighted by Crippen LogP contribution is 2.26. The van der Waals surface area contributed by atoms with E-state index in [1.165, 1.54) is 26.2 Å². The highest BCUT2D eigenvalue weighted by Gasteiger charge is 2.12. The summed E-state index contributed by atoms with van der Waals surface area (Å²) in [6.07, 6.45) is 0. The van der Waals surface area contributed by atoms with Crippen LogP contribution in [0.4, 0.5) is 10.1 Å². The lowest BCUT2D eigenvalue weighted by atomic mass is 10.1. The molecule has 1 rings (SSSR count). The molecule has 0 amide bonds. The first-order chi connectivity index (χ1) is 7.10. The van der Waals surface area contributed by atoms with Gasteiger partial charge in [-0.1, -0.05) is 0 Å². The van der Waals surface area contributed by atoms with Crippen LogP contribution in [0.25, 0.3) is 0 Å². The Hall–Kier alpha value is -1.58. The Morgan fingerprint density at radius 1 is 1.53 bits per heavy atom. The highest BCUT2D eigenvalue weighted by molar-refractivity contribution is 5.99. The molecule has 0 aliphatic heterocycles. The highest BCUT2D eigenvalue weighted by atomic mass is 19.1. The maximum absolute atomic E-state index is 13.3. The van der Waals surface area contributed by atoms with Gasteiger partial charge >= 0.3 is 0 Å². The molecule has 0 atom stereocenters. The zero-order valence-electron chi connectivity index (χ0n) is 9.06. The van der Waals surface area contributed by atoms with Crippen molar-refractivity contribution in [1.29, 1.82) is 0 Å². The molecule has 3 nitrogen and oxygen atoms in total. The molecule has 82 valence electrons. The van der Waals surface area contributed by atoms with Gasteiger partial charge in [-0.15, -0.1) is 0 Å². The van der Waals surface area contributed by atoms with Crippen molar-refractivity contribution in [3.63, 3.8) is 0 Å². The number of hydrogen-bond acceptors (Lipinski definition) is 3. The van der Waals surface area contributed by atoms with Crippen molar-refractivity contribution >= 4 is 11.5 Å². The van der Waals surface area contributed by atoms with Crippen LogP contribution in [0.1, 0.15) is 24.2 Å². The summed E-state index contributed by atoms with van der Waals surface area (Å²) in [6, 6.07) is 2.69. The lowest BCUT2D eigenvalue weighted by molar-refractivity contribution is 0.101. The number of carbonyl (C=O) groups is 1. The Morgan fingerprint density at radius 2 is 2.20 bits per heavy atom. The first-order valence-corrected chi connectivity index (χ1v) is 4.72. The number of nitrogens with one attached hydrogen (secondary N) is 1. The van der Waals surface area contributed by atoms with E-state index in [2.05, 4.69) is 5.32 Å². The molecule has 0 unspecified atom stereocenters. The third-order valence-corrected chi connectivity index (χ3v) is 2.04. The maximum Gasteiger partial charge on any atom is 0.165 e. The van der Waals surface area contributed by atoms with Crippen molar-refractivity contribution in [3.05, 3.63) is 23.5 Å². The summed E-state index contributed by atoms with van der Waals surface area (Å²) in [4.78, 5) is 11.2. The summed E-state index contributed by atoms with van der Waals surface area (Å²) < 4.78 is 18.2. The molecule has 0 heterocycles. The van der Waals surface area contributed by atoms with E-state index in [9.17, 15) is 9.18 Å². The number of ether oxygens (including phenoxy) is 1. The van der Waals surface area contributed by atoms with Gasteiger partial charge in [0.15, 0.2) is 17.3 Å². The maximum atomic E-state index is 13.3. The van der Waals surface area contributed by atoms with Crippen LogP contribution >= 0.6 is 0 Å². The molecule has 0 aromatic heterocycles. The molecule has 1 N–H and O–H groups in total. The van der Waals surface area contributed by atoms with Crippen LogP contribution in [0.15, 0.2) is 12.1 Å². The lowest BCUT2D eigenvalue weighted by Crippen LogP contribution is -2.05. The van der Waals surface area contributed by atoms with E-state index in [1.807, 2.05) is 6.92 Å². The Kier molecular flexibility index (Phi) is 3.66. The van der Waals surface area contributed by atoms with Gasteiger partial charge in [0, 0.05) is 23.9 Å². The minimum atomic E-state index is -0.524. The Morgan fingerprint density at radius 3 is 2.67 bits per heavy atom. The summed E-state index contributed by atoms with van der Waals surface area (Å²) in [5, 5.41) is 2.99. The van der Waals surface area contributed by atoms with Gasteiger partial charge < -0.3 is 10.1 Å². The molecule has 15 heavy (non-hydrogen) atoms. The van der Waals surface area contributed by atoms with Crippen LogP contribution in [0.5, 0.6) is 5.75 Å². The summed E-state index contributed by atoms with van der Waals surface area (Å²) >= 11 is 0. The lowest BCUT2D eigenvalue weighted by Gasteiger charge is -2.11. The van der Waals surface area contributed by atoms with Gasteiger partial charge in [0.05, 0.1) is 7.11 Å². The average Bonchev–Trinajstić information content (AvgIpc) is 2.20. The third kappa shape index (κ3) is 2.46. The van der Waals surface area contributed by atoms with E-state index >= 15 is 0 Å². The third-order valence-electron chi connectivity index (χ3n) is 2.04. The molecule has 0 spiro atoms. The van der Waals surface area contributed by atoms with Gasteiger partial charge in [-0.05, 0) is 19.9 Å². The van der Waals surface area contributed by atoms with E-state index in [-0.39, 0.29) is 11.5 Å². The molecule has 0 aliphatic rings. The van der Waals surface area contributed by atoms with Crippen LogP contribution < -0.4 is 10.1 Å². The van der Waals surface area contributed by atoms with Crippen LogP contribution in [0.2, 0.25) is 0 Å². The van der Waals surface area contributed by atoms with Crippen molar-refractivity contribution in [1.82, 2.24) is 0 Å². The predicted octanol–water partition coefficient (Wildman–Crippen LogP) is 2.47. The Balaban J connectivity index is 3.25. The molecule has 0 bridgehead atoms. The normalized spacial score (nSPS) is 9.87. The number of benzene rings is 1. The second kappa shape index (κ2) is 4.77. The molecule has 1 aromatic rings. The number of Topliss-reactive ketones (excluding diaryl/α,β-unsaturated/α-hetero) is 1. The average molecular weight is 211 g/mol. The van der Waals surface area contributed by atoms with E-state index in [4.69, 9.17) is 4.74 Å². The van der Waals surface area contributed by atoms with Gasteiger partial charge in [0.25, 0.3) is 0 Å². The fourth-order valence-electron chi connectivity index (χ4n) is 1.34. The predicted molar refractivity (Wildman–Crippen MR) is 57.1 cm³/mol. The second-order valence-electron chi connectivity index (χ2n) is 3.12. The number of hydrogen-bond donors (Lipinski definition) is 1. The zero-order valence-corrected chi connectivity index (χ0v) is 9.06. The minimum absolute atomic E-state index is 0.135. The van der Waals surface area contributed by atoms with Crippen LogP contribution in [-0.4, -0.2) is 19.4 Å². The van der Waals surface area contributed by atoms with Crippen LogP contribution in [0.3, 0.4) is 0 Å². The first-order valence-electron chi connectivity index (χ1n) is 4.72. The quantitative estimate of drug-likeness (QED) is 0.777. The van der Waals surface area contributed by atoms with Crippen molar-refractivity contribution < 1.29 is 13.9 Å². The molecule has 0 saturated carbocycles. The molecule has 0 saturated heterocycles. The SMILES string of the molecule is CCNc1cc(OC)c(F)cc1C(C)=O. The van der Waals surface area contributed by atoms with Crippen molar-refractivity contribution in [2.45, 2.75) is 13.8 Å². The Labute approximate surface area is 88.2 Å². The Bertz CT molecular complexity index is 377. The van der Waals surface area contributed by atoms with Gasteiger partial charge in [0.2, 0.25) is 0 Å². The molecule has 4 heteroatoms. The second-order valence-corrected chi connectivity index (χ2v) is 3.12. The summed E-state index contributed by atoms with van der Waals surface area (Å²) in [5.41, 5.74) is 0.943.